The molecule has 94 valence electrons. The quantitative estimate of drug-likeness (QED) is 0.728. The first kappa shape index (κ1) is 13.4. The Morgan fingerprint density at radius 3 is 2.06 bits per heavy atom. The van der Waals surface area contributed by atoms with Gasteiger partial charge in [-0.2, -0.15) is 0 Å². The minimum absolute atomic E-state index is 0.0981. The monoisotopic (exact) mass is 240 g/mol. The number of ether oxygens (including phenoxy) is 2. The minimum atomic E-state index is -0.722. The van der Waals surface area contributed by atoms with E-state index >= 15 is 0 Å². The zero-order valence-corrected chi connectivity index (χ0v) is 10.3. The minimum Gasteiger partial charge on any atom is -0.490 e. The van der Waals surface area contributed by atoms with Crippen LogP contribution in [-0.4, -0.2) is 37.0 Å². The van der Waals surface area contributed by atoms with Gasteiger partial charge in [-0.1, -0.05) is 6.92 Å². The average Bonchev–Trinajstić information content (AvgIpc) is 2.29. The molecule has 1 rings (SSSR count). The third kappa shape index (κ3) is 2.39. The molecule has 0 fully saturated rings. The molecule has 0 aromatic rings. The highest BCUT2D eigenvalue weighted by Crippen LogP contribution is 2.26. The van der Waals surface area contributed by atoms with Crippen LogP contribution < -0.4 is 0 Å². The maximum Gasteiger partial charge on any atom is 0.228 e. The zero-order chi connectivity index (χ0) is 13.2. The van der Waals surface area contributed by atoms with E-state index in [1.165, 1.54) is 20.3 Å². The predicted molar refractivity (Wildman–Crippen MR) is 60.0 cm³/mol. The van der Waals surface area contributed by atoms with E-state index in [1.807, 2.05) is 0 Å². The average molecular weight is 240 g/mol. The molecule has 1 aliphatic carbocycles. The van der Waals surface area contributed by atoms with Gasteiger partial charge in [0, 0.05) is 11.5 Å². The van der Waals surface area contributed by atoms with Crippen molar-refractivity contribution in [2.24, 2.45) is 5.92 Å². The van der Waals surface area contributed by atoms with E-state index in [0.717, 1.165) is 0 Å². The normalized spacial score (nSPS) is 19.9. The van der Waals surface area contributed by atoms with E-state index in [9.17, 15) is 14.7 Å². The fourth-order valence-corrected chi connectivity index (χ4v) is 1.60. The van der Waals surface area contributed by atoms with Crippen LogP contribution in [0.2, 0.25) is 0 Å². The Hall–Kier alpha value is -1.62. The standard InChI is InChI=1S/C12H16O5/c1-6(7(2)13)8-5-9(14)11(16-3)12(17-4)10(8)15/h5-7,13H,1-4H3. The number of carbonyl (C=O) groups excluding carboxylic acids is 2. The molecule has 17 heavy (non-hydrogen) atoms. The number of allylic oxidation sites excluding steroid dienone is 2. The molecular weight excluding hydrogens is 224 g/mol. The van der Waals surface area contributed by atoms with Crippen LogP contribution in [0.15, 0.2) is 23.2 Å². The second-order valence-corrected chi connectivity index (χ2v) is 3.89. The summed E-state index contributed by atoms with van der Waals surface area (Å²) in [7, 11) is 2.60. The van der Waals surface area contributed by atoms with Crippen molar-refractivity contribution in [3.05, 3.63) is 23.2 Å². The van der Waals surface area contributed by atoms with Crippen LogP contribution in [0.25, 0.3) is 0 Å². The number of ketones is 2. The van der Waals surface area contributed by atoms with Gasteiger partial charge in [-0.05, 0) is 13.0 Å². The molecule has 0 amide bonds. The molecule has 0 radical (unpaired) electrons. The van der Waals surface area contributed by atoms with Crippen molar-refractivity contribution in [2.75, 3.05) is 14.2 Å². The third-order valence-electron chi connectivity index (χ3n) is 2.81. The summed E-state index contributed by atoms with van der Waals surface area (Å²) in [5.41, 5.74) is 0.239. The maximum absolute atomic E-state index is 12.0. The van der Waals surface area contributed by atoms with Gasteiger partial charge in [0.1, 0.15) is 0 Å². The van der Waals surface area contributed by atoms with Crippen LogP contribution in [0, 0.1) is 5.92 Å². The highest BCUT2D eigenvalue weighted by atomic mass is 16.5. The third-order valence-corrected chi connectivity index (χ3v) is 2.81. The second-order valence-electron chi connectivity index (χ2n) is 3.89. The summed E-state index contributed by atoms with van der Waals surface area (Å²) >= 11 is 0. The van der Waals surface area contributed by atoms with Gasteiger partial charge in [0.05, 0.1) is 20.3 Å². The molecule has 0 saturated heterocycles. The number of rotatable bonds is 4. The van der Waals surface area contributed by atoms with Crippen molar-refractivity contribution in [1.82, 2.24) is 0 Å². The number of hydrogen-bond donors (Lipinski definition) is 1. The van der Waals surface area contributed by atoms with Crippen molar-refractivity contribution in [3.63, 3.8) is 0 Å². The van der Waals surface area contributed by atoms with Crippen molar-refractivity contribution >= 4 is 11.6 Å². The number of aliphatic hydroxyl groups excluding tert-OH is 1. The molecule has 0 aromatic heterocycles. The highest BCUT2D eigenvalue weighted by molar-refractivity contribution is 6.21. The van der Waals surface area contributed by atoms with Gasteiger partial charge in [-0.3, -0.25) is 9.59 Å². The molecule has 0 aliphatic heterocycles. The lowest BCUT2D eigenvalue weighted by molar-refractivity contribution is -0.121. The number of Topliss-reactive ketones (excluding diaryl/α,β-unsaturated/α-hetero) is 1. The van der Waals surface area contributed by atoms with E-state index in [-0.39, 0.29) is 17.1 Å². The molecule has 1 N–H and O–H groups in total. The molecule has 0 bridgehead atoms. The number of methoxy groups -OCH3 is 2. The second kappa shape index (κ2) is 5.14. The van der Waals surface area contributed by atoms with Crippen LogP contribution in [-0.2, 0) is 19.1 Å². The van der Waals surface area contributed by atoms with Crippen molar-refractivity contribution in [3.8, 4) is 0 Å². The fraction of sp³-hybridized carbons (Fsp3) is 0.500. The van der Waals surface area contributed by atoms with Gasteiger partial charge < -0.3 is 14.6 Å². The molecule has 0 aromatic carbocycles. The van der Waals surface area contributed by atoms with Crippen LogP contribution in [0.1, 0.15) is 13.8 Å². The summed E-state index contributed by atoms with van der Waals surface area (Å²) in [5.74, 6) is -1.49. The van der Waals surface area contributed by atoms with Crippen LogP contribution >= 0.6 is 0 Å². The van der Waals surface area contributed by atoms with Crippen molar-refractivity contribution in [2.45, 2.75) is 20.0 Å². The Morgan fingerprint density at radius 1 is 1.12 bits per heavy atom. The Labute approximate surface area is 99.7 Å². The van der Waals surface area contributed by atoms with E-state index in [1.54, 1.807) is 13.8 Å². The Kier molecular flexibility index (Phi) is 4.07. The molecule has 2 unspecified atom stereocenters. The molecule has 5 heteroatoms. The van der Waals surface area contributed by atoms with Gasteiger partial charge in [0.2, 0.25) is 23.1 Å². The Balaban J connectivity index is 3.17. The molecule has 1 aliphatic rings. The van der Waals surface area contributed by atoms with Gasteiger partial charge >= 0.3 is 0 Å². The van der Waals surface area contributed by atoms with Crippen LogP contribution in [0.5, 0.6) is 0 Å². The number of aliphatic hydroxyl groups is 1. The van der Waals surface area contributed by atoms with Gasteiger partial charge in [0.25, 0.3) is 0 Å². The van der Waals surface area contributed by atoms with E-state index < -0.39 is 23.6 Å². The summed E-state index contributed by atoms with van der Waals surface area (Å²) in [6.45, 7) is 3.23. The maximum atomic E-state index is 12.0. The summed E-state index contributed by atoms with van der Waals surface area (Å²) in [5, 5.41) is 9.47. The molecule has 0 spiro atoms. The molecule has 2 atom stereocenters. The summed E-state index contributed by atoms with van der Waals surface area (Å²) in [6.07, 6.45) is 0.473. The first-order chi connectivity index (χ1) is 7.93. The summed E-state index contributed by atoms with van der Waals surface area (Å²) < 4.78 is 9.74. The van der Waals surface area contributed by atoms with Gasteiger partial charge in [-0.25, -0.2) is 0 Å². The smallest absolute Gasteiger partial charge is 0.228 e. The predicted octanol–water partition coefficient (Wildman–Crippen LogP) is 0.586. The first-order valence-electron chi connectivity index (χ1n) is 5.25. The topological polar surface area (TPSA) is 72.8 Å². The largest absolute Gasteiger partial charge is 0.490 e. The molecule has 5 nitrogen and oxygen atoms in total. The summed E-state index contributed by atoms with van der Waals surface area (Å²) in [6, 6.07) is 0. The van der Waals surface area contributed by atoms with Crippen LogP contribution in [0.4, 0.5) is 0 Å². The van der Waals surface area contributed by atoms with Gasteiger partial charge in [0.15, 0.2) is 0 Å². The first-order valence-corrected chi connectivity index (χ1v) is 5.25. The van der Waals surface area contributed by atoms with E-state index in [4.69, 9.17) is 9.47 Å². The molecule has 0 saturated carbocycles. The number of hydrogen-bond acceptors (Lipinski definition) is 5. The lowest BCUT2D eigenvalue weighted by atomic mass is 9.87. The highest BCUT2D eigenvalue weighted by Gasteiger charge is 2.34. The van der Waals surface area contributed by atoms with E-state index in [0.29, 0.717) is 0 Å². The van der Waals surface area contributed by atoms with Crippen molar-refractivity contribution < 1.29 is 24.2 Å². The Morgan fingerprint density at radius 2 is 1.65 bits per heavy atom. The number of carbonyl (C=O) groups is 2. The van der Waals surface area contributed by atoms with Crippen LogP contribution in [0.3, 0.4) is 0 Å². The lowest BCUT2D eigenvalue weighted by Gasteiger charge is -2.22. The summed E-state index contributed by atoms with van der Waals surface area (Å²) in [4.78, 5) is 23.7. The molecular formula is C12H16O5. The zero-order valence-electron chi connectivity index (χ0n) is 10.3. The van der Waals surface area contributed by atoms with Crippen molar-refractivity contribution in [1.29, 1.82) is 0 Å². The molecule has 0 heterocycles. The fourth-order valence-electron chi connectivity index (χ4n) is 1.60. The van der Waals surface area contributed by atoms with Gasteiger partial charge in [-0.15, -0.1) is 0 Å². The van der Waals surface area contributed by atoms with E-state index in [2.05, 4.69) is 0 Å². The lowest BCUT2D eigenvalue weighted by Crippen LogP contribution is -2.28. The SMILES string of the molecule is COC1=C(OC)C(=O)C(C(C)C(C)O)=CC1=O. The Bertz CT molecular complexity index is 403.